The van der Waals surface area contributed by atoms with Gasteiger partial charge >= 0.3 is 5.97 Å². The van der Waals surface area contributed by atoms with Crippen molar-refractivity contribution in [3.63, 3.8) is 0 Å². The Hall–Kier alpha value is -2.86. The fourth-order valence-corrected chi connectivity index (χ4v) is 3.59. The molecule has 1 heterocycles. The largest absolute Gasteiger partial charge is 0.462 e. The van der Waals surface area contributed by atoms with Crippen LogP contribution in [0, 0.1) is 6.92 Å². The smallest absolute Gasteiger partial charge is 0.338 e. The first kappa shape index (κ1) is 20.9. The lowest BCUT2D eigenvalue weighted by molar-refractivity contribution is 0.0526. The predicted octanol–water partition coefficient (Wildman–Crippen LogP) is 4.38. The summed E-state index contributed by atoms with van der Waals surface area (Å²) in [4.78, 5) is 17.2. The van der Waals surface area contributed by atoms with Gasteiger partial charge in [0.05, 0.1) is 23.4 Å². The Morgan fingerprint density at radius 3 is 2.72 bits per heavy atom. The summed E-state index contributed by atoms with van der Waals surface area (Å²) < 4.78 is 12.5. The lowest BCUT2D eigenvalue weighted by Gasteiger charge is -2.14. The molecule has 0 aliphatic rings. The molecule has 29 heavy (non-hydrogen) atoms. The fraction of sp³-hybridized carbons (Fsp3) is 0.391. The normalized spacial score (nSPS) is 11.1. The first-order chi connectivity index (χ1) is 14.0. The number of aryl methyl sites for hydroxylation is 3. The maximum absolute atomic E-state index is 12.4. The van der Waals surface area contributed by atoms with Crippen molar-refractivity contribution in [1.82, 2.24) is 9.55 Å². The van der Waals surface area contributed by atoms with E-state index in [2.05, 4.69) is 37.4 Å². The van der Waals surface area contributed by atoms with Crippen molar-refractivity contribution >= 4 is 22.7 Å². The van der Waals surface area contributed by atoms with Crippen LogP contribution >= 0.6 is 0 Å². The predicted molar refractivity (Wildman–Crippen MR) is 115 cm³/mol. The molecule has 0 aliphatic carbocycles. The van der Waals surface area contributed by atoms with E-state index in [-0.39, 0.29) is 5.97 Å². The summed E-state index contributed by atoms with van der Waals surface area (Å²) in [5.41, 5.74) is 6.85. The third-order valence-electron chi connectivity index (χ3n) is 5.21. The number of carbonyl (C=O) groups is 1. The molecule has 1 aromatic heterocycles. The molecule has 2 aromatic carbocycles. The van der Waals surface area contributed by atoms with E-state index in [9.17, 15) is 4.79 Å². The quantitative estimate of drug-likeness (QED) is 0.574. The number of esters is 1. The summed E-state index contributed by atoms with van der Waals surface area (Å²) in [6.45, 7) is 7.49. The van der Waals surface area contributed by atoms with Crippen molar-refractivity contribution < 1.29 is 14.3 Å². The second kappa shape index (κ2) is 9.09. The molecular weight excluding hydrogens is 366 g/mol. The van der Waals surface area contributed by atoms with E-state index in [1.807, 2.05) is 23.7 Å². The summed E-state index contributed by atoms with van der Waals surface area (Å²) >= 11 is 0. The second-order valence-electron chi connectivity index (χ2n) is 7.05. The molecule has 6 nitrogen and oxygen atoms in total. The molecule has 0 unspecified atom stereocenters. The van der Waals surface area contributed by atoms with E-state index >= 15 is 0 Å². The van der Waals surface area contributed by atoms with E-state index < -0.39 is 0 Å². The molecule has 3 aromatic rings. The third-order valence-corrected chi connectivity index (χ3v) is 5.21. The van der Waals surface area contributed by atoms with Gasteiger partial charge in [0.2, 0.25) is 0 Å². The van der Waals surface area contributed by atoms with Gasteiger partial charge in [0, 0.05) is 20.7 Å². The van der Waals surface area contributed by atoms with Crippen LogP contribution in [0.3, 0.4) is 0 Å². The molecule has 0 amide bonds. The van der Waals surface area contributed by atoms with Crippen molar-refractivity contribution in [3.8, 4) is 0 Å². The molecule has 0 radical (unpaired) electrons. The van der Waals surface area contributed by atoms with Gasteiger partial charge in [0.1, 0.15) is 17.9 Å². The van der Waals surface area contributed by atoms with Crippen LogP contribution in [0.5, 0.6) is 0 Å². The van der Waals surface area contributed by atoms with Gasteiger partial charge in [-0.3, -0.25) is 0 Å². The van der Waals surface area contributed by atoms with Crippen molar-refractivity contribution in [3.05, 3.63) is 58.4 Å². The van der Waals surface area contributed by atoms with Crippen LogP contribution in [-0.4, -0.2) is 29.2 Å². The maximum atomic E-state index is 12.4. The number of benzene rings is 2. The first-order valence-electron chi connectivity index (χ1n) is 9.96. The molecule has 0 aliphatic heterocycles. The van der Waals surface area contributed by atoms with Gasteiger partial charge in [0.15, 0.2) is 0 Å². The summed E-state index contributed by atoms with van der Waals surface area (Å²) in [7, 11) is 3.58. The fourth-order valence-electron chi connectivity index (χ4n) is 3.59. The molecule has 0 spiro atoms. The lowest BCUT2D eigenvalue weighted by Crippen LogP contribution is -2.08. The van der Waals surface area contributed by atoms with Crippen molar-refractivity contribution in [2.45, 2.75) is 40.3 Å². The Kier molecular flexibility index (Phi) is 6.54. The highest BCUT2D eigenvalue weighted by molar-refractivity contribution is 5.99. The van der Waals surface area contributed by atoms with Crippen LogP contribution < -0.4 is 5.32 Å². The SMILES string of the molecule is CCOC(=O)c1cc(NCc2c(C)cccc2CC)c2nc(COC)n(C)c2c1. The minimum absolute atomic E-state index is 0.336. The number of fused-ring (bicyclic) bond motifs is 1. The van der Waals surface area contributed by atoms with E-state index in [1.54, 1.807) is 14.0 Å². The number of imidazole rings is 1. The molecule has 154 valence electrons. The summed E-state index contributed by atoms with van der Waals surface area (Å²) in [5.74, 6) is 0.466. The van der Waals surface area contributed by atoms with Gasteiger partial charge in [-0.1, -0.05) is 25.1 Å². The van der Waals surface area contributed by atoms with Crippen LogP contribution in [0.2, 0.25) is 0 Å². The number of hydrogen-bond acceptors (Lipinski definition) is 5. The zero-order valence-electron chi connectivity index (χ0n) is 17.8. The number of nitrogens with zero attached hydrogens (tertiary/aromatic N) is 2. The Morgan fingerprint density at radius 2 is 2.03 bits per heavy atom. The maximum Gasteiger partial charge on any atom is 0.338 e. The number of aromatic nitrogens is 2. The number of methoxy groups -OCH3 is 1. The highest BCUT2D eigenvalue weighted by atomic mass is 16.5. The van der Waals surface area contributed by atoms with Gasteiger partial charge < -0.3 is 19.4 Å². The van der Waals surface area contributed by atoms with Crippen LogP contribution in [0.1, 0.15) is 46.7 Å². The highest BCUT2D eigenvalue weighted by Crippen LogP contribution is 2.28. The van der Waals surface area contributed by atoms with Gasteiger partial charge in [-0.15, -0.1) is 0 Å². The van der Waals surface area contributed by atoms with Crippen LogP contribution in [0.25, 0.3) is 11.0 Å². The number of nitrogens with one attached hydrogen (secondary N) is 1. The third kappa shape index (κ3) is 4.27. The Balaban J connectivity index is 2.05. The number of anilines is 1. The Bertz CT molecular complexity index is 1020. The van der Waals surface area contributed by atoms with E-state index in [4.69, 9.17) is 14.5 Å². The zero-order chi connectivity index (χ0) is 21.0. The van der Waals surface area contributed by atoms with Gasteiger partial charge in [-0.25, -0.2) is 9.78 Å². The van der Waals surface area contributed by atoms with E-state index in [0.717, 1.165) is 29.0 Å². The average molecular weight is 396 g/mol. The van der Waals surface area contributed by atoms with Crippen molar-refractivity contribution in [2.24, 2.45) is 7.05 Å². The number of ether oxygens (including phenoxy) is 2. The summed E-state index contributed by atoms with van der Waals surface area (Å²) in [6, 6.07) is 10.0. The number of carbonyl (C=O) groups excluding carboxylic acids is 1. The second-order valence-corrected chi connectivity index (χ2v) is 7.05. The molecule has 1 N–H and O–H groups in total. The Morgan fingerprint density at radius 1 is 1.24 bits per heavy atom. The summed E-state index contributed by atoms with van der Waals surface area (Å²) in [5, 5.41) is 3.52. The first-order valence-corrected chi connectivity index (χ1v) is 9.96. The van der Waals surface area contributed by atoms with E-state index in [0.29, 0.717) is 25.3 Å². The van der Waals surface area contributed by atoms with Gasteiger partial charge in [0.25, 0.3) is 0 Å². The molecule has 6 heteroatoms. The monoisotopic (exact) mass is 395 g/mol. The van der Waals surface area contributed by atoms with Gasteiger partial charge in [-0.2, -0.15) is 0 Å². The Labute approximate surface area is 171 Å². The standard InChI is InChI=1S/C23H29N3O3/c1-6-16-10-8-9-15(3)18(16)13-24-19-11-17(23(27)29-7-2)12-20-22(19)25-21(14-28-5)26(20)4/h8-12,24H,6-7,13-14H2,1-5H3. The van der Waals surface area contributed by atoms with Crippen molar-refractivity contribution in [1.29, 1.82) is 0 Å². The molecule has 0 fully saturated rings. The van der Waals surface area contributed by atoms with Crippen LogP contribution in [-0.2, 0) is 36.1 Å². The number of rotatable bonds is 8. The highest BCUT2D eigenvalue weighted by Gasteiger charge is 2.17. The van der Waals surface area contributed by atoms with Crippen LogP contribution in [0.4, 0.5) is 5.69 Å². The minimum atomic E-state index is -0.336. The van der Waals surface area contributed by atoms with Crippen LogP contribution in [0.15, 0.2) is 30.3 Å². The molecule has 0 bridgehead atoms. The molecular formula is C23H29N3O3. The zero-order valence-corrected chi connectivity index (χ0v) is 17.8. The lowest BCUT2D eigenvalue weighted by atomic mass is 10.00. The topological polar surface area (TPSA) is 65.4 Å². The molecule has 0 saturated heterocycles. The van der Waals surface area contributed by atoms with E-state index in [1.165, 1.54) is 16.7 Å². The summed E-state index contributed by atoms with van der Waals surface area (Å²) in [6.07, 6.45) is 0.971. The molecule has 0 atom stereocenters. The number of hydrogen-bond donors (Lipinski definition) is 1. The molecule has 3 rings (SSSR count). The molecule has 0 saturated carbocycles. The minimum Gasteiger partial charge on any atom is -0.462 e. The average Bonchev–Trinajstić information content (AvgIpc) is 3.03. The van der Waals surface area contributed by atoms with Crippen molar-refractivity contribution in [2.75, 3.05) is 19.0 Å². The van der Waals surface area contributed by atoms with Gasteiger partial charge in [-0.05, 0) is 49.1 Å².